The molecule has 112 valence electrons. The maximum atomic E-state index is 6.30. The van der Waals surface area contributed by atoms with Crippen LogP contribution in [-0.2, 0) is 0 Å². The Hall–Kier alpha value is -0.200. The number of hydrogen-bond donors (Lipinski definition) is 1. The van der Waals surface area contributed by atoms with Crippen LogP contribution in [-0.4, -0.2) is 17.3 Å². The predicted molar refractivity (Wildman–Crippen MR) is 99.7 cm³/mol. The van der Waals surface area contributed by atoms with E-state index in [-0.39, 0.29) is 5.41 Å². The number of hydrogen-bond acceptors (Lipinski definition) is 3. The summed E-state index contributed by atoms with van der Waals surface area (Å²) in [4.78, 5) is 4.46. The second-order valence-electron chi connectivity index (χ2n) is 5.72. The summed E-state index contributed by atoms with van der Waals surface area (Å²) in [6.07, 6.45) is 6.74. The Morgan fingerprint density at radius 1 is 1.38 bits per heavy atom. The second kappa shape index (κ2) is 6.50. The predicted octanol–water partition coefficient (Wildman–Crippen LogP) is 5.36. The fourth-order valence-electron chi connectivity index (χ4n) is 2.98. The molecule has 1 saturated carbocycles. The van der Waals surface area contributed by atoms with E-state index in [0.29, 0.717) is 6.61 Å². The highest BCUT2D eigenvalue weighted by Gasteiger charge is 2.33. The smallest absolute Gasteiger partial charge is 0.158 e. The molecule has 3 rings (SSSR count). The molecule has 1 heterocycles. The van der Waals surface area contributed by atoms with Gasteiger partial charge in [0, 0.05) is 17.0 Å². The summed E-state index contributed by atoms with van der Waals surface area (Å²) in [6.45, 7) is 0.708. The first-order valence-electron chi connectivity index (χ1n) is 7.12. The number of ether oxygens (including phenoxy) is 1. The zero-order chi connectivity index (χ0) is 14.9. The number of benzene rings is 1. The highest BCUT2D eigenvalue weighted by atomic mass is 127. The van der Waals surface area contributed by atoms with Crippen molar-refractivity contribution in [3.8, 4) is 5.75 Å². The Bertz CT molecular complexity index is 658. The average molecular weight is 434 g/mol. The molecular weight excluding hydrogens is 417 g/mol. The first-order valence-corrected chi connectivity index (χ1v) is 9.20. The maximum absolute atomic E-state index is 6.30. The van der Waals surface area contributed by atoms with Crippen LogP contribution >= 0.6 is 46.8 Å². The zero-order valence-corrected chi connectivity index (χ0v) is 15.4. The molecule has 21 heavy (non-hydrogen) atoms. The van der Waals surface area contributed by atoms with Crippen molar-refractivity contribution in [1.82, 2.24) is 4.98 Å². The summed E-state index contributed by atoms with van der Waals surface area (Å²) in [7, 11) is 0. The average Bonchev–Trinajstić information content (AvgIpc) is 2.96. The highest BCUT2D eigenvalue weighted by Crippen LogP contribution is 2.41. The number of nitrogens with zero attached hydrogens (tertiary/aromatic N) is 1. The lowest BCUT2D eigenvalue weighted by molar-refractivity contribution is 0.173. The molecule has 0 unspecified atom stereocenters. The molecular formula is C16H17ClINOS. The van der Waals surface area contributed by atoms with E-state index in [0.717, 1.165) is 31.0 Å². The van der Waals surface area contributed by atoms with Crippen molar-refractivity contribution in [3.63, 3.8) is 0 Å². The minimum absolute atomic E-state index is 0.215. The molecule has 1 aromatic carbocycles. The van der Waals surface area contributed by atoms with Crippen LogP contribution in [0.4, 0.5) is 0 Å². The van der Waals surface area contributed by atoms with Gasteiger partial charge < -0.3 is 4.74 Å². The summed E-state index contributed by atoms with van der Waals surface area (Å²) < 4.78 is 7.22. The lowest BCUT2D eigenvalue weighted by Gasteiger charge is -2.27. The van der Waals surface area contributed by atoms with Gasteiger partial charge in [-0.05, 0) is 59.4 Å². The Kier molecular flexibility index (Phi) is 4.86. The van der Waals surface area contributed by atoms with Crippen molar-refractivity contribution in [2.75, 3.05) is 12.4 Å². The van der Waals surface area contributed by atoms with Crippen LogP contribution in [0.1, 0.15) is 25.7 Å². The van der Waals surface area contributed by atoms with Crippen LogP contribution in [0.15, 0.2) is 24.4 Å². The van der Waals surface area contributed by atoms with Crippen LogP contribution in [0, 0.1) is 8.99 Å². The number of pyridine rings is 1. The number of thiol groups is 1. The number of aromatic nitrogens is 1. The SMILES string of the molecule is SCC1(COc2c(I)cc(Cl)c3cccnc23)CCCC1. The van der Waals surface area contributed by atoms with Crippen LogP contribution in [0.5, 0.6) is 5.75 Å². The van der Waals surface area contributed by atoms with Gasteiger partial charge in [-0.15, -0.1) is 0 Å². The topological polar surface area (TPSA) is 22.1 Å². The molecule has 0 spiro atoms. The first-order chi connectivity index (χ1) is 10.2. The molecule has 0 bridgehead atoms. The van der Waals surface area contributed by atoms with Gasteiger partial charge in [0.1, 0.15) is 5.52 Å². The minimum Gasteiger partial charge on any atom is -0.490 e. The summed E-state index contributed by atoms with van der Waals surface area (Å²) >= 11 is 13.1. The lowest BCUT2D eigenvalue weighted by atomic mass is 9.90. The van der Waals surface area contributed by atoms with Gasteiger partial charge in [0.25, 0.3) is 0 Å². The van der Waals surface area contributed by atoms with Crippen LogP contribution in [0.3, 0.4) is 0 Å². The Labute approximate surface area is 149 Å². The van der Waals surface area contributed by atoms with Crippen molar-refractivity contribution in [1.29, 1.82) is 0 Å². The van der Waals surface area contributed by atoms with E-state index in [4.69, 9.17) is 16.3 Å². The fourth-order valence-corrected chi connectivity index (χ4v) is 4.56. The summed E-state index contributed by atoms with van der Waals surface area (Å²) in [6, 6.07) is 5.83. The zero-order valence-electron chi connectivity index (χ0n) is 11.6. The van der Waals surface area contributed by atoms with Crippen LogP contribution in [0.25, 0.3) is 10.9 Å². The highest BCUT2D eigenvalue weighted by molar-refractivity contribution is 14.1. The van der Waals surface area contributed by atoms with Gasteiger partial charge in [-0.3, -0.25) is 4.98 Å². The Balaban J connectivity index is 1.93. The normalized spacial score (nSPS) is 17.3. The molecule has 2 aromatic rings. The number of halogens is 2. The molecule has 0 amide bonds. The van der Waals surface area contributed by atoms with E-state index >= 15 is 0 Å². The summed E-state index contributed by atoms with van der Waals surface area (Å²) in [5.74, 6) is 1.73. The molecule has 2 nitrogen and oxygen atoms in total. The van der Waals surface area contributed by atoms with E-state index in [1.807, 2.05) is 18.2 Å². The fraction of sp³-hybridized carbons (Fsp3) is 0.438. The molecule has 0 radical (unpaired) electrons. The Morgan fingerprint density at radius 2 is 2.14 bits per heavy atom. The van der Waals surface area contributed by atoms with E-state index in [1.54, 1.807) is 6.20 Å². The van der Waals surface area contributed by atoms with Crippen molar-refractivity contribution in [2.45, 2.75) is 25.7 Å². The van der Waals surface area contributed by atoms with Crippen LogP contribution in [0.2, 0.25) is 5.02 Å². The standard InChI is InChI=1S/C16H17ClINOS/c17-12-8-13(18)15(14-11(12)4-3-7-19-14)20-9-16(10-21)5-1-2-6-16/h3-4,7-8,21H,1-2,5-6,9-10H2. The molecule has 1 aliphatic carbocycles. The van der Waals surface area contributed by atoms with Gasteiger partial charge in [0.05, 0.1) is 15.2 Å². The van der Waals surface area contributed by atoms with Gasteiger partial charge >= 0.3 is 0 Å². The molecule has 0 N–H and O–H groups in total. The third kappa shape index (κ3) is 3.13. The lowest BCUT2D eigenvalue weighted by Crippen LogP contribution is -2.27. The quantitative estimate of drug-likeness (QED) is 0.518. The van der Waals surface area contributed by atoms with Crippen molar-refractivity contribution in [2.24, 2.45) is 5.41 Å². The number of rotatable bonds is 4. The second-order valence-corrected chi connectivity index (χ2v) is 7.61. The summed E-state index contributed by atoms with van der Waals surface area (Å²) in [5, 5.41) is 1.67. The van der Waals surface area contributed by atoms with E-state index in [2.05, 4.69) is 40.2 Å². The molecule has 1 aliphatic rings. The maximum Gasteiger partial charge on any atom is 0.158 e. The van der Waals surface area contributed by atoms with E-state index < -0.39 is 0 Å². The molecule has 0 atom stereocenters. The molecule has 1 aromatic heterocycles. The first kappa shape index (κ1) is 15.7. The van der Waals surface area contributed by atoms with E-state index in [9.17, 15) is 0 Å². The Morgan fingerprint density at radius 3 is 2.86 bits per heavy atom. The van der Waals surface area contributed by atoms with Crippen LogP contribution < -0.4 is 4.74 Å². The molecule has 1 fully saturated rings. The van der Waals surface area contributed by atoms with E-state index in [1.165, 1.54) is 25.7 Å². The van der Waals surface area contributed by atoms with Gasteiger partial charge in [-0.2, -0.15) is 12.6 Å². The van der Waals surface area contributed by atoms with Gasteiger partial charge in [-0.25, -0.2) is 0 Å². The van der Waals surface area contributed by atoms with Crippen molar-refractivity contribution < 1.29 is 4.74 Å². The molecule has 5 heteroatoms. The van der Waals surface area contributed by atoms with Gasteiger partial charge in [0.2, 0.25) is 0 Å². The minimum atomic E-state index is 0.215. The largest absolute Gasteiger partial charge is 0.490 e. The molecule has 0 saturated heterocycles. The van der Waals surface area contributed by atoms with Gasteiger partial charge in [-0.1, -0.05) is 24.4 Å². The third-order valence-electron chi connectivity index (χ3n) is 4.27. The molecule has 0 aliphatic heterocycles. The van der Waals surface area contributed by atoms with Crippen molar-refractivity contribution in [3.05, 3.63) is 33.0 Å². The monoisotopic (exact) mass is 433 g/mol. The van der Waals surface area contributed by atoms with Gasteiger partial charge in [0.15, 0.2) is 5.75 Å². The summed E-state index contributed by atoms with van der Waals surface area (Å²) in [5.41, 5.74) is 1.06. The van der Waals surface area contributed by atoms with Crippen molar-refractivity contribution >= 4 is 57.7 Å². The number of fused-ring (bicyclic) bond motifs is 1. The third-order valence-corrected chi connectivity index (χ3v) is 6.06.